The van der Waals surface area contributed by atoms with E-state index in [1.165, 1.54) is 4.31 Å². The summed E-state index contributed by atoms with van der Waals surface area (Å²) in [7, 11) is -1.89. The smallest absolute Gasteiger partial charge is 0.246 e. The van der Waals surface area contributed by atoms with Crippen LogP contribution in [0.25, 0.3) is 0 Å². The first-order valence-electron chi connectivity index (χ1n) is 6.31. The van der Waals surface area contributed by atoms with Gasteiger partial charge in [-0.15, -0.1) is 11.6 Å². The van der Waals surface area contributed by atoms with Crippen molar-refractivity contribution in [2.75, 3.05) is 12.9 Å². The molecule has 0 saturated heterocycles. The van der Waals surface area contributed by atoms with Gasteiger partial charge in [0, 0.05) is 25.5 Å². The molecule has 110 valence electrons. The number of alkyl halides is 1. The molecule has 0 fully saturated rings. The minimum atomic E-state index is -3.49. The van der Waals surface area contributed by atoms with Crippen LogP contribution in [-0.4, -0.2) is 41.5 Å². The first kappa shape index (κ1) is 16.5. The average molecular weight is 308 g/mol. The Kier molecular flexibility index (Phi) is 5.41. The van der Waals surface area contributed by atoms with Crippen LogP contribution in [0, 0.1) is 13.8 Å². The maximum absolute atomic E-state index is 12.5. The van der Waals surface area contributed by atoms with Crippen molar-refractivity contribution < 1.29 is 8.42 Å². The quantitative estimate of drug-likeness (QED) is 0.757. The number of nitrogens with zero attached hydrogens (tertiary/aromatic N) is 3. The highest BCUT2D eigenvalue weighted by Crippen LogP contribution is 2.24. The van der Waals surface area contributed by atoms with Gasteiger partial charge in [0.05, 0.1) is 11.4 Å². The van der Waals surface area contributed by atoms with E-state index >= 15 is 0 Å². The number of hydrogen-bond donors (Lipinski definition) is 0. The molecule has 0 saturated carbocycles. The molecular weight excluding hydrogens is 286 g/mol. The molecule has 0 aromatic carbocycles. The van der Waals surface area contributed by atoms with Crippen molar-refractivity contribution in [1.82, 2.24) is 14.1 Å². The summed E-state index contributed by atoms with van der Waals surface area (Å²) in [4.78, 5) is 0.318. The minimum absolute atomic E-state index is 0.0880. The summed E-state index contributed by atoms with van der Waals surface area (Å²) in [6, 6.07) is -0.0880. The molecule has 0 N–H and O–H groups in total. The molecule has 0 radical (unpaired) electrons. The fourth-order valence-electron chi connectivity index (χ4n) is 1.90. The largest absolute Gasteiger partial charge is 0.268 e. The molecule has 1 aromatic heterocycles. The first-order chi connectivity index (χ1) is 8.73. The van der Waals surface area contributed by atoms with Gasteiger partial charge in [0.25, 0.3) is 0 Å². The second-order valence-corrected chi connectivity index (χ2v) is 7.19. The highest BCUT2D eigenvalue weighted by Gasteiger charge is 2.29. The van der Waals surface area contributed by atoms with Crippen molar-refractivity contribution in [1.29, 1.82) is 0 Å². The van der Waals surface area contributed by atoms with Gasteiger partial charge in [0.2, 0.25) is 10.0 Å². The maximum atomic E-state index is 12.5. The summed E-state index contributed by atoms with van der Waals surface area (Å²) < 4.78 is 28.2. The molecule has 0 bridgehead atoms. The van der Waals surface area contributed by atoms with E-state index < -0.39 is 10.0 Å². The van der Waals surface area contributed by atoms with Crippen molar-refractivity contribution in [3.05, 3.63) is 11.4 Å². The van der Waals surface area contributed by atoms with Gasteiger partial charge in [-0.1, -0.05) is 0 Å². The van der Waals surface area contributed by atoms with E-state index in [2.05, 4.69) is 5.10 Å². The zero-order valence-electron chi connectivity index (χ0n) is 12.1. The number of aryl methyl sites for hydroxylation is 2. The van der Waals surface area contributed by atoms with Crippen LogP contribution in [0.3, 0.4) is 0 Å². The van der Waals surface area contributed by atoms with Crippen LogP contribution in [0.5, 0.6) is 0 Å². The van der Waals surface area contributed by atoms with Crippen LogP contribution < -0.4 is 0 Å². The predicted molar refractivity (Wildman–Crippen MR) is 77.1 cm³/mol. The Balaban J connectivity index is 3.24. The molecule has 0 aliphatic carbocycles. The van der Waals surface area contributed by atoms with Crippen molar-refractivity contribution >= 4 is 21.6 Å². The van der Waals surface area contributed by atoms with Gasteiger partial charge in [-0.2, -0.15) is 9.40 Å². The second kappa shape index (κ2) is 6.24. The van der Waals surface area contributed by atoms with E-state index in [1.807, 2.05) is 13.8 Å². The van der Waals surface area contributed by atoms with Gasteiger partial charge < -0.3 is 0 Å². The highest BCUT2D eigenvalue weighted by molar-refractivity contribution is 7.89. The Labute approximate surface area is 120 Å². The third-order valence-electron chi connectivity index (χ3n) is 3.18. The molecule has 0 aliphatic heterocycles. The third-order valence-corrected chi connectivity index (χ3v) is 5.74. The Bertz CT molecular complexity index is 537. The summed E-state index contributed by atoms with van der Waals surface area (Å²) in [5.41, 5.74) is 1.22. The number of sulfonamides is 1. The van der Waals surface area contributed by atoms with Crippen LogP contribution in [0.4, 0.5) is 0 Å². The lowest BCUT2D eigenvalue weighted by atomic mass is 10.4. The molecule has 0 amide bonds. The number of rotatable bonds is 6. The molecule has 0 unspecified atom stereocenters. The van der Waals surface area contributed by atoms with E-state index in [1.54, 1.807) is 25.6 Å². The summed E-state index contributed by atoms with van der Waals surface area (Å²) in [5.74, 6) is 0.534. The van der Waals surface area contributed by atoms with Crippen molar-refractivity contribution in [2.45, 2.75) is 51.6 Å². The molecule has 0 atom stereocenters. The first-order valence-corrected chi connectivity index (χ1v) is 8.29. The van der Waals surface area contributed by atoms with Gasteiger partial charge in [-0.3, -0.25) is 4.68 Å². The standard InChI is InChI=1S/C12H22ClN3O2S/c1-9(2)15(5)19(17,18)12-10(3)14-16(11(12)4)8-6-7-13/h9H,6-8H2,1-5H3. The molecule has 7 heteroatoms. The Hall–Kier alpha value is -0.590. The third kappa shape index (κ3) is 3.30. The van der Waals surface area contributed by atoms with Crippen LogP contribution in [0.1, 0.15) is 31.7 Å². The van der Waals surface area contributed by atoms with Crippen molar-refractivity contribution in [3.8, 4) is 0 Å². The van der Waals surface area contributed by atoms with E-state index in [0.717, 1.165) is 6.42 Å². The summed E-state index contributed by atoms with van der Waals surface area (Å²) in [6.07, 6.45) is 0.767. The monoisotopic (exact) mass is 307 g/mol. The summed E-state index contributed by atoms with van der Waals surface area (Å²) in [5, 5.41) is 4.31. The summed E-state index contributed by atoms with van der Waals surface area (Å²) >= 11 is 5.66. The molecule has 5 nitrogen and oxygen atoms in total. The fraction of sp³-hybridized carbons (Fsp3) is 0.750. The van der Waals surface area contributed by atoms with Gasteiger partial charge in [-0.05, 0) is 34.1 Å². The number of halogens is 1. The molecule has 1 heterocycles. The molecule has 0 aliphatic rings. The predicted octanol–water partition coefficient (Wildman–Crippen LogP) is 2.16. The Morgan fingerprint density at radius 2 is 1.95 bits per heavy atom. The maximum Gasteiger partial charge on any atom is 0.246 e. The zero-order valence-corrected chi connectivity index (χ0v) is 13.7. The average Bonchev–Trinajstić information content (AvgIpc) is 2.60. The lowest BCUT2D eigenvalue weighted by Gasteiger charge is -2.21. The minimum Gasteiger partial charge on any atom is -0.268 e. The van der Waals surface area contributed by atoms with Crippen molar-refractivity contribution in [3.63, 3.8) is 0 Å². The second-order valence-electron chi connectivity index (χ2n) is 4.88. The molecule has 0 spiro atoms. The van der Waals surface area contributed by atoms with Crippen LogP contribution >= 0.6 is 11.6 Å². The van der Waals surface area contributed by atoms with E-state index in [9.17, 15) is 8.42 Å². The van der Waals surface area contributed by atoms with E-state index in [-0.39, 0.29) is 6.04 Å². The lowest BCUT2D eigenvalue weighted by Crippen LogP contribution is -2.33. The van der Waals surface area contributed by atoms with Gasteiger partial charge in [0.1, 0.15) is 4.90 Å². The number of hydrogen-bond acceptors (Lipinski definition) is 3. The van der Waals surface area contributed by atoms with E-state index in [4.69, 9.17) is 11.6 Å². The van der Waals surface area contributed by atoms with Gasteiger partial charge in [-0.25, -0.2) is 8.42 Å². The summed E-state index contributed by atoms with van der Waals surface area (Å²) in [6.45, 7) is 7.85. The Morgan fingerprint density at radius 1 is 1.37 bits per heavy atom. The van der Waals surface area contributed by atoms with E-state index in [0.29, 0.717) is 28.7 Å². The molecule has 1 rings (SSSR count). The lowest BCUT2D eigenvalue weighted by molar-refractivity contribution is 0.410. The zero-order chi connectivity index (χ0) is 14.8. The number of aromatic nitrogens is 2. The topological polar surface area (TPSA) is 55.2 Å². The van der Waals surface area contributed by atoms with Crippen molar-refractivity contribution in [2.24, 2.45) is 0 Å². The fourth-order valence-corrected chi connectivity index (χ4v) is 3.76. The molecular formula is C12H22ClN3O2S. The molecule has 19 heavy (non-hydrogen) atoms. The van der Waals surface area contributed by atoms with Crippen LogP contribution in [0.15, 0.2) is 4.90 Å². The highest BCUT2D eigenvalue weighted by atomic mass is 35.5. The van der Waals surface area contributed by atoms with Gasteiger partial charge >= 0.3 is 0 Å². The Morgan fingerprint density at radius 3 is 2.42 bits per heavy atom. The normalized spacial score (nSPS) is 12.6. The van der Waals surface area contributed by atoms with Crippen LogP contribution in [-0.2, 0) is 16.6 Å². The van der Waals surface area contributed by atoms with Crippen LogP contribution in [0.2, 0.25) is 0 Å². The molecule has 1 aromatic rings. The SMILES string of the molecule is Cc1nn(CCCCl)c(C)c1S(=O)(=O)N(C)C(C)C. The van der Waals surface area contributed by atoms with Gasteiger partial charge in [0.15, 0.2) is 0 Å².